The Labute approximate surface area is 387 Å². The summed E-state index contributed by atoms with van der Waals surface area (Å²) in [5.74, 6) is -0.581. The largest absolute Gasteiger partial charge is 0.474 e. The van der Waals surface area contributed by atoms with Crippen LogP contribution >= 0.6 is 0 Å². The monoisotopic (exact) mass is 911 g/mol. The molecule has 67 heavy (non-hydrogen) atoms. The Bertz CT molecular complexity index is 2740. The average Bonchev–Trinajstić information content (AvgIpc) is 3.43. The van der Waals surface area contributed by atoms with Crippen LogP contribution in [0.15, 0.2) is 65.6 Å². The maximum atomic E-state index is 15.4. The van der Waals surface area contributed by atoms with Gasteiger partial charge in [-0.3, -0.25) is 34.2 Å². The number of imide groups is 2. The zero-order chi connectivity index (χ0) is 46.3. The third kappa shape index (κ3) is 8.89. The molecule has 0 aliphatic carbocycles. The van der Waals surface area contributed by atoms with Gasteiger partial charge in [-0.2, -0.15) is 0 Å². The van der Waals surface area contributed by atoms with E-state index in [0.717, 1.165) is 97.7 Å². The standard InChI is InChI=1S/C49H54FN11O6/c1-28-38(26-55-47-45(28)52-12-19-67-47)36-20-30-22-42(54-25-31(30)21-39(36)50)56-41(51)23-32-9-18-60(44(63)27-53-32)33-10-14-58(15-11-33)13-6-29-7-16-59(17-8-29)34-2-3-35-37(24-34)49(66)61(48(35)65)40-4-5-43(62)57-46(40)64/h2-3,20-26,29,33,40,52-53H,4-19,27H2,1H3,(H2,51,54,56)(H,57,62,64)/b32-23-. The molecule has 18 heteroatoms. The van der Waals surface area contributed by atoms with Crippen molar-refractivity contribution in [2.24, 2.45) is 16.6 Å². The molecule has 4 fully saturated rings. The third-order valence-electron chi connectivity index (χ3n) is 14.3. The van der Waals surface area contributed by atoms with Gasteiger partial charge < -0.3 is 35.8 Å². The predicted octanol–water partition coefficient (Wildman–Crippen LogP) is 4.42. The first kappa shape index (κ1) is 43.9. The molecule has 2 aromatic carbocycles. The summed E-state index contributed by atoms with van der Waals surface area (Å²) >= 11 is 0. The summed E-state index contributed by atoms with van der Waals surface area (Å²) in [6, 6.07) is 9.55. The molecule has 348 valence electrons. The van der Waals surface area contributed by atoms with Crippen LogP contribution in [0, 0.1) is 18.7 Å². The van der Waals surface area contributed by atoms with E-state index in [9.17, 15) is 24.0 Å². The summed E-state index contributed by atoms with van der Waals surface area (Å²) in [7, 11) is 0. The first-order valence-corrected chi connectivity index (χ1v) is 23.3. The van der Waals surface area contributed by atoms with Gasteiger partial charge in [0, 0.05) is 98.4 Å². The minimum Gasteiger partial charge on any atom is -0.474 e. The van der Waals surface area contributed by atoms with Crippen molar-refractivity contribution in [1.82, 2.24) is 35.3 Å². The number of piperidine rings is 3. The van der Waals surface area contributed by atoms with Crippen LogP contribution in [0.1, 0.15) is 77.6 Å². The topological polar surface area (TPSA) is 208 Å². The molecule has 0 bridgehead atoms. The summed E-state index contributed by atoms with van der Waals surface area (Å²) in [5.41, 5.74) is 11.4. The van der Waals surface area contributed by atoms with Crippen molar-refractivity contribution in [2.75, 3.05) is 69.2 Å². The van der Waals surface area contributed by atoms with Crippen LogP contribution in [0.3, 0.4) is 0 Å². The number of halogens is 1. The van der Waals surface area contributed by atoms with Crippen molar-refractivity contribution >= 4 is 63.3 Å². The number of hydrogen-bond donors (Lipinski definition) is 4. The van der Waals surface area contributed by atoms with Gasteiger partial charge in [-0.05, 0) is 111 Å². The number of benzene rings is 2. The fourth-order valence-electron chi connectivity index (χ4n) is 10.5. The van der Waals surface area contributed by atoms with E-state index in [2.05, 4.69) is 40.7 Å². The van der Waals surface area contributed by atoms with Gasteiger partial charge in [0.15, 0.2) is 5.82 Å². The Morgan fingerprint density at radius 3 is 2.48 bits per heavy atom. The zero-order valence-corrected chi connectivity index (χ0v) is 37.5. The number of nitrogens with two attached hydrogens (primary N) is 1. The van der Waals surface area contributed by atoms with Gasteiger partial charge in [0.05, 0.1) is 17.7 Å². The van der Waals surface area contributed by atoms with Gasteiger partial charge in [-0.15, -0.1) is 0 Å². The molecule has 1 unspecified atom stereocenters. The van der Waals surface area contributed by atoms with E-state index in [1.807, 2.05) is 17.9 Å². The fourth-order valence-corrected chi connectivity index (χ4v) is 10.5. The summed E-state index contributed by atoms with van der Waals surface area (Å²) < 4.78 is 21.1. The van der Waals surface area contributed by atoms with Crippen LogP contribution in [0.5, 0.6) is 5.88 Å². The molecule has 0 radical (unpaired) electrons. The Balaban J connectivity index is 0.690. The molecular weight excluding hydrogens is 858 g/mol. The summed E-state index contributed by atoms with van der Waals surface area (Å²) in [5, 5.41) is 10.2. The molecule has 2 aromatic heterocycles. The number of amides is 5. The number of fused-ring (bicyclic) bond motifs is 3. The number of aromatic nitrogens is 2. The number of aliphatic imine (C=N–C) groups is 1. The van der Waals surface area contributed by atoms with E-state index >= 15 is 4.39 Å². The van der Waals surface area contributed by atoms with Crippen molar-refractivity contribution in [3.05, 3.63) is 83.1 Å². The molecule has 1 atom stereocenters. The Hall–Kier alpha value is -6.95. The quantitative estimate of drug-likeness (QED) is 0.104. The Kier molecular flexibility index (Phi) is 12.0. The molecule has 0 spiro atoms. The predicted molar refractivity (Wildman–Crippen MR) is 249 cm³/mol. The van der Waals surface area contributed by atoms with Crippen molar-refractivity contribution in [1.29, 1.82) is 0 Å². The van der Waals surface area contributed by atoms with E-state index in [1.54, 1.807) is 42.7 Å². The smallest absolute Gasteiger partial charge is 0.262 e. The lowest BCUT2D eigenvalue weighted by Gasteiger charge is -2.39. The molecule has 8 heterocycles. The number of nitrogens with one attached hydrogen (secondary N) is 3. The van der Waals surface area contributed by atoms with Crippen molar-refractivity contribution in [2.45, 2.75) is 70.4 Å². The van der Waals surface area contributed by atoms with Crippen molar-refractivity contribution in [3.8, 4) is 17.0 Å². The van der Waals surface area contributed by atoms with Crippen molar-refractivity contribution < 1.29 is 33.1 Å². The maximum absolute atomic E-state index is 15.4. The zero-order valence-electron chi connectivity index (χ0n) is 37.5. The molecule has 6 aliphatic rings. The second-order valence-corrected chi connectivity index (χ2v) is 18.3. The van der Waals surface area contributed by atoms with Crippen LogP contribution in [-0.4, -0.2) is 131 Å². The number of carbonyl (C=O) groups excluding carboxylic acids is 5. The van der Waals surface area contributed by atoms with E-state index in [1.165, 1.54) is 6.07 Å². The second kappa shape index (κ2) is 18.4. The lowest BCUT2D eigenvalue weighted by molar-refractivity contribution is -0.136. The molecule has 0 saturated carbocycles. The molecule has 6 aliphatic heterocycles. The molecular formula is C49H54FN11O6. The minimum absolute atomic E-state index is 0.0713. The maximum Gasteiger partial charge on any atom is 0.262 e. The first-order chi connectivity index (χ1) is 32.5. The van der Waals surface area contributed by atoms with Crippen LogP contribution < -0.4 is 31.3 Å². The third-order valence-corrected chi connectivity index (χ3v) is 14.3. The van der Waals surface area contributed by atoms with Gasteiger partial charge in [-0.25, -0.2) is 19.4 Å². The van der Waals surface area contributed by atoms with E-state index in [4.69, 9.17) is 10.5 Å². The highest BCUT2D eigenvalue weighted by molar-refractivity contribution is 6.23. The summed E-state index contributed by atoms with van der Waals surface area (Å²) in [6.45, 7) is 8.43. The van der Waals surface area contributed by atoms with Crippen molar-refractivity contribution in [3.63, 3.8) is 0 Å². The molecule has 17 nitrogen and oxygen atoms in total. The highest BCUT2D eigenvalue weighted by Crippen LogP contribution is 2.38. The molecule has 5 amide bonds. The fraction of sp³-hybridized carbons (Fsp3) is 0.429. The number of anilines is 2. The number of ether oxygens (including phenoxy) is 1. The van der Waals surface area contributed by atoms with Gasteiger partial charge in [0.2, 0.25) is 23.6 Å². The van der Waals surface area contributed by atoms with Crippen LogP contribution in [0.2, 0.25) is 0 Å². The molecule has 5 N–H and O–H groups in total. The van der Waals surface area contributed by atoms with Gasteiger partial charge in [-0.1, -0.05) is 0 Å². The van der Waals surface area contributed by atoms with E-state index in [0.29, 0.717) is 71.4 Å². The lowest BCUT2D eigenvalue weighted by Crippen LogP contribution is -2.54. The minimum atomic E-state index is -0.980. The highest BCUT2D eigenvalue weighted by atomic mass is 19.1. The van der Waals surface area contributed by atoms with Gasteiger partial charge >= 0.3 is 0 Å². The van der Waals surface area contributed by atoms with Gasteiger partial charge in [0.1, 0.15) is 30.0 Å². The number of carbonyl (C=O) groups is 5. The SMILES string of the molecule is Cc1c(-c2cc3cc(/N=C(N)/C=C4/CCN(C5CCN(CCC6CCN(c7ccc8c(c7)C(=O)N(C7CCC(=O)NC7=O)C8=O)CC6)CC5)C(=O)CN4)ncc3cc2F)cnc2c1NCCO2. The highest BCUT2D eigenvalue weighted by Gasteiger charge is 2.45. The molecule has 10 rings (SSSR count). The van der Waals surface area contributed by atoms with Crippen LogP contribution in [0.4, 0.5) is 21.6 Å². The number of likely N-dealkylation sites (tertiary alicyclic amines) is 1. The number of nitrogens with zero attached hydrogens (tertiary/aromatic N) is 7. The average molecular weight is 912 g/mol. The van der Waals surface area contributed by atoms with E-state index < -0.39 is 29.7 Å². The van der Waals surface area contributed by atoms with Gasteiger partial charge in [0.25, 0.3) is 11.8 Å². The Morgan fingerprint density at radius 2 is 1.67 bits per heavy atom. The number of rotatable bonds is 9. The lowest BCUT2D eigenvalue weighted by atomic mass is 9.92. The second-order valence-electron chi connectivity index (χ2n) is 18.3. The van der Waals surface area contributed by atoms with Crippen LogP contribution in [-0.2, 0) is 14.4 Å². The van der Waals surface area contributed by atoms with E-state index in [-0.39, 0.29) is 43.0 Å². The summed E-state index contributed by atoms with van der Waals surface area (Å²) in [6.07, 6.45) is 10.8. The molecule has 4 saturated heterocycles. The number of pyridine rings is 2. The molecule has 4 aromatic rings. The number of amidine groups is 1. The first-order valence-electron chi connectivity index (χ1n) is 23.3. The Morgan fingerprint density at radius 1 is 0.866 bits per heavy atom. The normalized spacial score (nSPS) is 21.8. The summed E-state index contributed by atoms with van der Waals surface area (Å²) in [4.78, 5) is 85.2. The number of hydrogen-bond acceptors (Lipinski definition) is 13. The van der Waals surface area contributed by atoms with Crippen LogP contribution in [0.25, 0.3) is 21.9 Å².